The Morgan fingerprint density at radius 1 is 1.07 bits per heavy atom. The molecule has 6 heteroatoms. The van der Waals surface area contributed by atoms with Crippen molar-refractivity contribution >= 4 is 11.6 Å². The van der Waals surface area contributed by atoms with Gasteiger partial charge >= 0.3 is 0 Å². The van der Waals surface area contributed by atoms with Gasteiger partial charge in [0.25, 0.3) is 5.91 Å². The van der Waals surface area contributed by atoms with Crippen molar-refractivity contribution in [2.75, 3.05) is 0 Å². The lowest BCUT2D eigenvalue weighted by atomic mass is 10.1. The molecule has 1 N–H and O–H groups in total. The van der Waals surface area contributed by atoms with Crippen molar-refractivity contribution in [3.8, 4) is 22.5 Å². The average Bonchev–Trinajstić information content (AvgIpc) is 3.18. The molecule has 0 spiro atoms. The van der Waals surface area contributed by atoms with Crippen LogP contribution in [-0.2, 0) is 0 Å². The van der Waals surface area contributed by atoms with E-state index in [0.717, 1.165) is 23.2 Å². The summed E-state index contributed by atoms with van der Waals surface area (Å²) in [4.78, 5) is 17.2. The third-order valence-corrected chi connectivity index (χ3v) is 4.86. The molecule has 146 valence electrons. The number of amides is 1. The number of hydrogen-bond acceptors (Lipinski definition) is 3. The van der Waals surface area contributed by atoms with Gasteiger partial charge in [-0.05, 0) is 43.7 Å². The molecule has 5 nitrogen and oxygen atoms in total. The second kappa shape index (κ2) is 7.83. The summed E-state index contributed by atoms with van der Waals surface area (Å²) in [5.41, 5.74) is 3.98. The van der Waals surface area contributed by atoms with Crippen molar-refractivity contribution in [1.29, 1.82) is 0 Å². The Bertz CT molecular complexity index is 1150. The van der Waals surface area contributed by atoms with Gasteiger partial charge in [0.2, 0.25) is 0 Å². The summed E-state index contributed by atoms with van der Waals surface area (Å²) in [6.07, 6.45) is 0.823. The Balaban J connectivity index is 1.88. The van der Waals surface area contributed by atoms with E-state index in [1.807, 2.05) is 50.2 Å². The minimum atomic E-state index is -0.320. The van der Waals surface area contributed by atoms with Crippen molar-refractivity contribution < 1.29 is 9.18 Å². The van der Waals surface area contributed by atoms with E-state index >= 15 is 0 Å². The second-order valence-electron chi connectivity index (χ2n) is 6.98. The molecule has 29 heavy (non-hydrogen) atoms. The highest BCUT2D eigenvalue weighted by Crippen LogP contribution is 2.25. The Morgan fingerprint density at radius 3 is 2.48 bits per heavy atom. The predicted octanol–water partition coefficient (Wildman–Crippen LogP) is 4.73. The van der Waals surface area contributed by atoms with E-state index < -0.39 is 0 Å². The highest BCUT2D eigenvalue weighted by atomic mass is 19.1. The Kier molecular flexibility index (Phi) is 5.08. The molecule has 0 bridgehead atoms. The number of nitrogens with zero attached hydrogens (tertiary/aromatic N) is 3. The van der Waals surface area contributed by atoms with Crippen LogP contribution in [0.25, 0.3) is 28.2 Å². The van der Waals surface area contributed by atoms with Crippen molar-refractivity contribution in [1.82, 2.24) is 19.9 Å². The molecule has 0 aliphatic rings. The van der Waals surface area contributed by atoms with Crippen LogP contribution in [0.5, 0.6) is 0 Å². The van der Waals surface area contributed by atoms with Gasteiger partial charge in [-0.1, -0.05) is 37.3 Å². The third kappa shape index (κ3) is 3.87. The molecular weight excluding hydrogens is 367 g/mol. The molecule has 1 atom stereocenters. The van der Waals surface area contributed by atoms with Gasteiger partial charge in [0.1, 0.15) is 11.5 Å². The Morgan fingerprint density at radius 2 is 1.79 bits per heavy atom. The molecular formula is C23H21FN4O. The van der Waals surface area contributed by atoms with Crippen LogP contribution >= 0.6 is 0 Å². The molecule has 1 unspecified atom stereocenters. The summed E-state index contributed by atoms with van der Waals surface area (Å²) in [6, 6.07) is 19.5. The van der Waals surface area contributed by atoms with Crippen LogP contribution in [0.4, 0.5) is 4.39 Å². The van der Waals surface area contributed by atoms with E-state index in [0.29, 0.717) is 17.0 Å². The van der Waals surface area contributed by atoms with E-state index in [4.69, 9.17) is 0 Å². The fourth-order valence-electron chi connectivity index (χ4n) is 3.07. The number of carbonyl (C=O) groups is 1. The average molecular weight is 388 g/mol. The minimum Gasteiger partial charge on any atom is -0.348 e. The smallest absolute Gasteiger partial charge is 0.270 e. The molecule has 0 radical (unpaired) electrons. The van der Waals surface area contributed by atoms with Crippen LogP contribution in [0, 0.1) is 5.82 Å². The number of nitrogens with one attached hydrogen (secondary N) is 1. The summed E-state index contributed by atoms with van der Waals surface area (Å²) in [5.74, 6) is -0.563. The molecule has 4 aromatic rings. The molecule has 0 saturated carbocycles. The van der Waals surface area contributed by atoms with E-state index in [-0.39, 0.29) is 17.8 Å². The number of carbonyl (C=O) groups excluding carboxylic acids is 1. The highest BCUT2D eigenvalue weighted by Gasteiger charge is 2.17. The normalized spacial score (nSPS) is 12.1. The van der Waals surface area contributed by atoms with Gasteiger partial charge < -0.3 is 5.32 Å². The fraction of sp³-hybridized carbons (Fsp3) is 0.174. The zero-order valence-corrected chi connectivity index (χ0v) is 16.3. The number of benzene rings is 2. The van der Waals surface area contributed by atoms with Crippen LogP contribution in [0.2, 0.25) is 0 Å². The van der Waals surface area contributed by atoms with Crippen LogP contribution in [0.15, 0.2) is 66.7 Å². The SMILES string of the molecule is CCC(C)NC(=O)c1cc(-c2ccc(F)cc2)n2nc(-c3ccccc3)cc2n1. The molecule has 2 aromatic carbocycles. The predicted molar refractivity (Wildman–Crippen MR) is 111 cm³/mol. The summed E-state index contributed by atoms with van der Waals surface area (Å²) >= 11 is 0. The molecule has 0 aliphatic carbocycles. The van der Waals surface area contributed by atoms with Gasteiger partial charge in [0.05, 0.1) is 11.4 Å². The van der Waals surface area contributed by atoms with Crippen molar-refractivity contribution in [3.63, 3.8) is 0 Å². The number of fused-ring (bicyclic) bond motifs is 1. The molecule has 4 rings (SSSR count). The lowest BCUT2D eigenvalue weighted by Gasteiger charge is -2.12. The maximum absolute atomic E-state index is 13.4. The van der Waals surface area contributed by atoms with Crippen molar-refractivity contribution in [3.05, 3.63) is 78.2 Å². The van der Waals surface area contributed by atoms with Gasteiger partial charge in [-0.3, -0.25) is 4.79 Å². The van der Waals surface area contributed by atoms with E-state index in [1.54, 1.807) is 22.7 Å². The Hall–Kier alpha value is -3.54. The standard InChI is InChI=1S/C23H21FN4O/c1-3-15(2)25-23(29)20-13-21(17-9-11-18(24)12-10-17)28-22(26-20)14-19(27-28)16-7-5-4-6-8-16/h4-15H,3H2,1-2H3,(H,25,29). The molecule has 0 saturated heterocycles. The second-order valence-corrected chi connectivity index (χ2v) is 6.98. The highest BCUT2D eigenvalue weighted by molar-refractivity contribution is 5.94. The first kappa shape index (κ1) is 18.8. The molecule has 0 aliphatic heterocycles. The molecule has 0 fully saturated rings. The fourth-order valence-corrected chi connectivity index (χ4v) is 3.07. The lowest BCUT2D eigenvalue weighted by molar-refractivity contribution is 0.0934. The molecule has 2 aromatic heterocycles. The van der Waals surface area contributed by atoms with Gasteiger partial charge in [-0.25, -0.2) is 13.9 Å². The van der Waals surface area contributed by atoms with Gasteiger partial charge in [0, 0.05) is 23.2 Å². The largest absolute Gasteiger partial charge is 0.348 e. The minimum absolute atomic E-state index is 0.0413. The maximum atomic E-state index is 13.4. The zero-order valence-electron chi connectivity index (χ0n) is 16.3. The van der Waals surface area contributed by atoms with E-state index in [2.05, 4.69) is 15.4 Å². The first-order valence-corrected chi connectivity index (χ1v) is 9.58. The van der Waals surface area contributed by atoms with Gasteiger partial charge in [-0.2, -0.15) is 5.10 Å². The lowest BCUT2D eigenvalue weighted by Crippen LogP contribution is -2.32. The number of rotatable bonds is 5. The quantitative estimate of drug-likeness (QED) is 0.538. The van der Waals surface area contributed by atoms with Gasteiger partial charge in [-0.15, -0.1) is 0 Å². The topological polar surface area (TPSA) is 59.3 Å². The van der Waals surface area contributed by atoms with E-state index in [1.165, 1.54) is 12.1 Å². The van der Waals surface area contributed by atoms with Crippen molar-refractivity contribution in [2.45, 2.75) is 26.3 Å². The van der Waals surface area contributed by atoms with Crippen LogP contribution in [-0.4, -0.2) is 26.5 Å². The Labute approximate surface area is 168 Å². The first-order chi connectivity index (χ1) is 14.0. The van der Waals surface area contributed by atoms with Crippen LogP contribution in [0.3, 0.4) is 0 Å². The van der Waals surface area contributed by atoms with Crippen molar-refractivity contribution in [2.24, 2.45) is 0 Å². The number of halogens is 1. The van der Waals surface area contributed by atoms with Crippen LogP contribution in [0.1, 0.15) is 30.8 Å². The third-order valence-electron chi connectivity index (χ3n) is 4.86. The summed E-state index contributed by atoms with van der Waals surface area (Å²) in [5, 5.41) is 7.63. The zero-order chi connectivity index (χ0) is 20.4. The van der Waals surface area contributed by atoms with E-state index in [9.17, 15) is 9.18 Å². The maximum Gasteiger partial charge on any atom is 0.270 e. The number of aromatic nitrogens is 3. The van der Waals surface area contributed by atoms with Gasteiger partial charge in [0.15, 0.2) is 5.65 Å². The summed E-state index contributed by atoms with van der Waals surface area (Å²) < 4.78 is 15.1. The first-order valence-electron chi connectivity index (χ1n) is 9.58. The molecule has 2 heterocycles. The van der Waals surface area contributed by atoms with Crippen LogP contribution < -0.4 is 5.32 Å². The molecule has 1 amide bonds. The summed E-state index contributed by atoms with van der Waals surface area (Å²) in [7, 11) is 0. The monoisotopic (exact) mass is 388 g/mol. The number of hydrogen-bond donors (Lipinski definition) is 1. The summed E-state index contributed by atoms with van der Waals surface area (Å²) in [6.45, 7) is 3.96.